The van der Waals surface area contributed by atoms with Crippen LogP contribution in [0.3, 0.4) is 0 Å². The first kappa shape index (κ1) is 44.9. The number of piperidine rings is 2. The summed E-state index contributed by atoms with van der Waals surface area (Å²) in [5.74, 6) is -1.12. The normalized spacial score (nSPS) is 18.2. The molecule has 4 aliphatic rings. The molecule has 16 nitrogen and oxygen atoms in total. The van der Waals surface area contributed by atoms with Gasteiger partial charge in [-0.15, -0.1) is 0 Å². The number of carbonyl (C=O) groups excluding carboxylic acids is 5. The highest BCUT2D eigenvalue weighted by Gasteiger charge is 2.33. The number of rotatable bonds is 13. The van der Waals surface area contributed by atoms with Crippen molar-refractivity contribution in [3.63, 3.8) is 0 Å². The van der Waals surface area contributed by atoms with E-state index in [1.807, 2.05) is 21.9 Å². The fraction of sp³-hybridized carbons (Fsp3) is 0.447. The fourth-order valence-corrected chi connectivity index (χ4v) is 9.32. The monoisotopic (exact) mass is 891 g/mol. The van der Waals surface area contributed by atoms with E-state index in [0.717, 1.165) is 48.0 Å². The van der Waals surface area contributed by atoms with E-state index in [1.165, 1.54) is 13.0 Å². The molecule has 2 fully saturated rings. The molecule has 5 N–H and O–H groups in total. The van der Waals surface area contributed by atoms with E-state index in [9.17, 15) is 38.2 Å². The van der Waals surface area contributed by atoms with E-state index in [1.54, 1.807) is 53.4 Å². The molecule has 18 heteroatoms. The van der Waals surface area contributed by atoms with Crippen molar-refractivity contribution in [1.82, 2.24) is 40.5 Å². The summed E-state index contributed by atoms with van der Waals surface area (Å²) < 4.78 is 30.8. The second-order valence-electron chi connectivity index (χ2n) is 17.2. The lowest BCUT2D eigenvalue weighted by Crippen LogP contribution is -2.52. The number of benzene rings is 2. The molecule has 2 saturated heterocycles. The van der Waals surface area contributed by atoms with Crippen molar-refractivity contribution < 1.29 is 32.8 Å². The average molecular weight is 892 g/mol. The third-order valence-electron chi connectivity index (χ3n) is 12.9. The van der Waals surface area contributed by atoms with Gasteiger partial charge in [-0.1, -0.05) is 0 Å². The van der Waals surface area contributed by atoms with Gasteiger partial charge in [0.1, 0.15) is 11.9 Å². The number of hydrogen-bond acceptors (Lipinski definition) is 10. The van der Waals surface area contributed by atoms with Crippen LogP contribution in [0.25, 0.3) is 22.0 Å². The minimum atomic E-state index is -2.73. The molecule has 342 valence electrons. The number of hydrogen-bond donors (Lipinski definition) is 5. The van der Waals surface area contributed by atoms with Gasteiger partial charge in [0.15, 0.2) is 0 Å². The number of unbranched alkanes of at least 4 members (excludes halogenated alkanes) is 1. The molecule has 0 saturated carbocycles. The highest BCUT2D eigenvalue weighted by molar-refractivity contribution is 6.11. The molecular formula is C47H55F2N11O5. The first-order valence-electron chi connectivity index (χ1n) is 22.4. The SMILES string of the molecule is CC(=O)N1CCC(NC2CCN(C(=O)CCCCNc3ccc(C(=O)NC4CCC(=O)NC4=O)c4ncccc34)CC2)=C(C(=N)N2CCCc3cc(-c4cnn(C)c4)c(C(F)F)cc32)C1. The lowest BCUT2D eigenvalue weighted by Gasteiger charge is -2.39. The van der Waals surface area contributed by atoms with Gasteiger partial charge < -0.3 is 30.7 Å². The highest BCUT2D eigenvalue weighted by Crippen LogP contribution is 2.40. The van der Waals surface area contributed by atoms with Crippen molar-refractivity contribution in [2.24, 2.45) is 7.05 Å². The molecule has 2 aromatic heterocycles. The zero-order valence-electron chi connectivity index (χ0n) is 36.7. The highest BCUT2D eigenvalue weighted by atomic mass is 19.3. The molecular weight excluding hydrogens is 837 g/mol. The van der Waals surface area contributed by atoms with E-state index in [2.05, 4.69) is 31.3 Å². The van der Waals surface area contributed by atoms with Gasteiger partial charge in [0.2, 0.25) is 23.6 Å². The van der Waals surface area contributed by atoms with Crippen LogP contribution in [0, 0.1) is 5.41 Å². The zero-order chi connectivity index (χ0) is 45.8. The van der Waals surface area contributed by atoms with Gasteiger partial charge in [0.05, 0.1) is 23.8 Å². The Kier molecular flexibility index (Phi) is 13.5. The Morgan fingerprint density at radius 2 is 1.80 bits per heavy atom. The Labute approximate surface area is 375 Å². The van der Waals surface area contributed by atoms with Crippen LogP contribution < -0.4 is 26.2 Å². The summed E-state index contributed by atoms with van der Waals surface area (Å²) in [6.45, 7) is 4.53. The average Bonchev–Trinajstić information content (AvgIpc) is 3.74. The van der Waals surface area contributed by atoms with Gasteiger partial charge in [-0.2, -0.15) is 5.10 Å². The minimum absolute atomic E-state index is 0.0604. The van der Waals surface area contributed by atoms with Crippen molar-refractivity contribution in [2.45, 2.75) is 89.6 Å². The van der Waals surface area contributed by atoms with Gasteiger partial charge >= 0.3 is 0 Å². The molecule has 6 heterocycles. The number of aryl methyl sites for hydroxylation is 2. The number of carbonyl (C=O) groups is 5. The standard InChI is InChI=1S/C47H55F2N11O5/c1-28(61)59-22-16-38(36(27-59)45(50)60-19-6-7-29-23-34(30-25-53-57(2)26-30)35(44(48)49)24-40(29)60)54-31-14-20-58(21-15-31)42(63)9-3-4-17-51-37-11-10-33(43-32(37)8-5-18-52-43)46(64)55-39-12-13-41(62)56-47(39)65/h5,8,10-11,18,23-26,31,39,44,50-51,54H,3-4,6-7,9,12-17,19-22,27H2,1-2H3,(H,55,64)(H,56,62,65). The number of halogens is 2. The van der Waals surface area contributed by atoms with Gasteiger partial charge in [0, 0.05) is 124 Å². The van der Waals surface area contributed by atoms with Crippen molar-refractivity contribution >= 4 is 57.6 Å². The van der Waals surface area contributed by atoms with E-state index in [-0.39, 0.29) is 54.5 Å². The van der Waals surface area contributed by atoms with Crippen molar-refractivity contribution in [1.29, 1.82) is 5.41 Å². The molecule has 4 aromatic rings. The summed E-state index contributed by atoms with van der Waals surface area (Å²) in [6, 6.07) is 9.72. The topological polar surface area (TPSA) is 198 Å². The number of nitrogens with one attached hydrogen (secondary N) is 5. The maximum Gasteiger partial charge on any atom is 0.264 e. The van der Waals surface area contributed by atoms with Crippen molar-refractivity contribution in [3.8, 4) is 11.1 Å². The third-order valence-corrected chi connectivity index (χ3v) is 12.9. The molecule has 0 radical (unpaired) electrons. The number of alkyl halides is 2. The van der Waals surface area contributed by atoms with Crippen LogP contribution in [-0.2, 0) is 32.6 Å². The molecule has 2 aromatic carbocycles. The minimum Gasteiger partial charge on any atom is -0.385 e. The van der Waals surface area contributed by atoms with Crippen LogP contribution in [-0.4, -0.2) is 111 Å². The second kappa shape index (κ2) is 19.6. The maximum absolute atomic E-state index is 14.6. The summed E-state index contributed by atoms with van der Waals surface area (Å²) >= 11 is 0. The fourth-order valence-electron chi connectivity index (χ4n) is 9.32. The van der Waals surface area contributed by atoms with Gasteiger partial charge in [-0.05, 0) is 92.5 Å². The Morgan fingerprint density at radius 1 is 0.985 bits per heavy atom. The molecule has 1 unspecified atom stereocenters. The Morgan fingerprint density at radius 3 is 2.54 bits per heavy atom. The summed E-state index contributed by atoms with van der Waals surface area (Å²) in [5, 5.41) is 26.6. The summed E-state index contributed by atoms with van der Waals surface area (Å²) in [4.78, 5) is 72.7. The molecule has 5 amide bonds. The quantitative estimate of drug-likeness (QED) is 0.0515. The number of aromatic nitrogens is 3. The van der Waals surface area contributed by atoms with E-state index in [0.29, 0.717) is 91.9 Å². The Bertz CT molecular complexity index is 2550. The largest absolute Gasteiger partial charge is 0.385 e. The predicted molar refractivity (Wildman–Crippen MR) is 241 cm³/mol. The Balaban J connectivity index is 0.850. The van der Waals surface area contributed by atoms with Crippen LogP contribution >= 0.6 is 0 Å². The summed E-state index contributed by atoms with van der Waals surface area (Å²) in [5.41, 5.74) is 5.59. The second-order valence-corrected chi connectivity index (χ2v) is 17.2. The van der Waals surface area contributed by atoms with Crippen LogP contribution in [0.1, 0.15) is 92.6 Å². The number of nitrogens with zero attached hydrogens (tertiary/aromatic N) is 6. The summed E-state index contributed by atoms with van der Waals surface area (Å²) in [6.07, 6.45) is 7.81. The van der Waals surface area contributed by atoms with Crippen molar-refractivity contribution in [3.05, 3.63) is 82.9 Å². The molecule has 0 bridgehead atoms. The van der Waals surface area contributed by atoms with Crippen molar-refractivity contribution in [2.75, 3.05) is 49.5 Å². The first-order valence-corrected chi connectivity index (χ1v) is 22.4. The lowest BCUT2D eigenvalue weighted by atomic mass is 9.92. The van der Waals surface area contributed by atoms with Crippen LogP contribution in [0.15, 0.2) is 66.3 Å². The lowest BCUT2D eigenvalue weighted by molar-refractivity contribution is -0.135. The van der Waals surface area contributed by atoms with Crippen LogP contribution in [0.5, 0.6) is 0 Å². The molecule has 0 spiro atoms. The van der Waals surface area contributed by atoms with Gasteiger partial charge in [0.25, 0.3) is 12.3 Å². The molecule has 8 rings (SSSR count). The smallest absolute Gasteiger partial charge is 0.264 e. The summed E-state index contributed by atoms with van der Waals surface area (Å²) in [7, 11) is 1.75. The first-order chi connectivity index (χ1) is 31.3. The number of amidine groups is 1. The van der Waals surface area contributed by atoms with Crippen LogP contribution in [0.4, 0.5) is 20.2 Å². The Hall–Kier alpha value is -6.72. The molecule has 0 aliphatic carbocycles. The predicted octanol–water partition coefficient (Wildman–Crippen LogP) is 5.21. The zero-order valence-corrected chi connectivity index (χ0v) is 36.7. The van der Waals surface area contributed by atoms with Gasteiger partial charge in [-0.3, -0.25) is 44.4 Å². The van der Waals surface area contributed by atoms with E-state index in [4.69, 9.17) is 0 Å². The van der Waals surface area contributed by atoms with Crippen LogP contribution in [0.2, 0.25) is 0 Å². The van der Waals surface area contributed by atoms with E-state index >= 15 is 0 Å². The molecule has 65 heavy (non-hydrogen) atoms. The molecule has 1 atom stereocenters. The van der Waals surface area contributed by atoms with Gasteiger partial charge in [-0.25, -0.2) is 8.78 Å². The number of fused-ring (bicyclic) bond motifs is 2. The van der Waals surface area contributed by atoms with E-state index < -0.39 is 24.3 Å². The number of amides is 5. The number of pyridine rings is 1. The number of likely N-dealkylation sites (tertiary alicyclic amines) is 1. The number of imide groups is 1. The number of anilines is 2. The third kappa shape index (κ3) is 10.0. The maximum atomic E-state index is 14.6. The molecule has 4 aliphatic heterocycles.